The highest BCUT2D eigenvalue weighted by Crippen LogP contribution is 2.20. The molecule has 1 rings (SSSR count). The molecule has 0 bridgehead atoms. The molecule has 0 spiro atoms. The van der Waals surface area contributed by atoms with Gasteiger partial charge in [-0.25, -0.2) is 0 Å². The second kappa shape index (κ2) is 9.82. The largest absolute Gasteiger partial charge is 0.349 e. The van der Waals surface area contributed by atoms with E-state index in [2.05, 4.69) is 36.6 Å². The van der Waals surface area contributed by atoms with Gasteiger partial charge < -0.3 is 10.6 Å². The van der Waals surface area contributed by atoms with Crippen LogP contribution in [0.15, 0.2) is 30.3 Å². The third-order valence-electron chi connectivity index (χ3n) is 2.85. The van der Waals surface area contributed by atoms with Gasteiger partial charge in [0.1, 0.15) is 0 Å². The molecule has 1 aromatic rings. The zero-order valence-electron chi connectivity index (χ0n) is 12.0. The van der Waals surface area contributed by atoms with Crippen molar-refractivity contribution in [1.29, 1.82) is 0 Å². The summed E-state index contributed by atoms with van der Waals surface area (Å²) in [5.74, 6) is 0.665. The number of amides is 1. The Balaban J connectivity index is 0.00000324. The van der Waals surface area contributed by atoms with Gasteiger partial charge in [0, 0.05) is 13.0 Å². The Labute approximate surface area is 122 Å². The highest BCUT2D eigenvalue weighted by molar-refractivity contribution is 5.85. The van der Waals surface area contributed by atoms with Crippen molar-refractivity contribution in [1.82, 2.24) is 10.6 Å². The maximum absolute atomic E-state index is 11.8. The first-order chi connectivity index (χ1) is 8.63. The molecule has 0 saturated carbocycles. The number of benzene rings is 1. The zero-order valence-corrected chi connectivity index (χ0v) is 12.8. The average Bonchev–Trinajstić information content (AvgIpc) is 2.36. The van der Waals surface area contributed by atoms with E-state index in [0.717, 1.165) is 13.0 Å². The Kier molecular flexibility index (Phi) is 9.27. The number of carbonyl (C=O) groups excluding carboxylic acids is 1. The normalized spacial score (nSPS) is 11.8. The Morgan fingerprint density at radius 2 is 1.84 bits per heavy atom. The third-order valence-corrected chi connectivity index (χ3v) is 2.85. The van der Waals surface area contributed by atoms with E-state index < -0.39 is 0 Å². The number of halogens is 1. The van der Waals surface area contributed by atoms with Crippen LogP contribution >= 0.6 is 12.4 Å². The Bertz CT molecular complexity index is 354. The molecule has 1 unspecified atom stereocenters. The average molecular weight is 285 g/mol. The van der Waals surface area contributed by atoms with Crippen molar-refractivity contribution >= 4 is 18.3 Å². The highest BCUT2D eigenvalue weighted by Gasteiger charge is 2.15. The summed E-state index contributed by atoms with van der Waals surface area (Å²) in [6.45, 7) is 5.07. The minimum absolute atomic E-state index is 0. The van der Waals surface area contributed by atoms with Gasteiger partial charge in [0.25, 0.3) is 0 Å². The lowest BCUT2D eigenvalue weighted by Crippen LogP contribution is -2.31. The monoisotopic (exact) mass is 284 g/mol. The van der Waals surface area contributed by atoms with Crippen LogP contribution in [-0.2, 0) is 4.79 Å². The lowest BCUT2D eigenvalue weighted by atomic mass is 9.97. The first kappa shape index (κ1) is 17.9. The fraction of sp³-hybridized carbons (Fsp3) is 0.533. The van der Waals surface area contributed by atoms with Crippen LogP contribution in [0.1, 0.15) is 38.3 Å². The van der Waals surface area contributed by atoms with Gasteiger partial charge >= 0.3 is 0 Å². The summed E-state index contributed by atoms with van der Waals surface area (Å²) in [5, 5.41) is 6.11. The second-order valence-electron chi connectivity index (χ2n) is 5.01. The molecule has 0 aromatic heterocycles. The molecule has 1 aromatic carbocycles. The van der Waals surface area contributed by atoms with E-state index in [-0.39, 0.29) is 24.4 Å². The van der Waals surface area contributed by atoms with Crippen LogP contribution in [0.3, 0.4) is 0 Å². The Morgan fingerprint density at radius 3 is 2.37 bits per heavy atom. The molecule has 1 atom stereocenters. The van der Waals surface area contributed by atoms with Crippen LogP contribution in [0.2, 0.25) is 0 Å². The quantitative estimate of drug-likeness (QED) is 0.808. The molecular weight excluding hydrogens is 260 g/mol. The molecule has 0 aliphatic heterocycles. The predicted octanol–water partition coefficient (Wildman–Crippen LogP) is 2.92. The van der Waals surface area contributed by atoms with Gasteiger partial charge in [-0.3, -0.25) is 4.79 Å². The maximum atomic E-state index is 11.8. The van der Waals surface area contributed by atoms with Gasteiger partial charge in [0.2, 0.25) is 5.91 Å². The van der Waals surface area contributed by atoms with E-state index in [1.807, 2.05) is 25.2 Å². The van der Waals surface area contributed by atoms with Gasteiger partial charge in [-0.1, -0.05) is 44.2 Å². The van der Waals surface area contributed by atoms with E-state index in [9.17, 15) is 4.79 Å². The van der Waals surface area contributed by atoms with Crippen molar-refractivity contribution in [2.24, 2.45) is 5.92 Å². The first-order valence-corrected chi connectivity index (χ1v) is 6.62. The van der Waals surface area contributed by atoms with Crippen molar-refractivity contribution in [3.63, 3.8) is 0 Å². The van der Waals surface area contributed by atoms with Crippen LogP contribution < -0.4 is 10.6 Å². The first-order valence-electron chi connectivity index (χ1n) is 6.62. The minimum atomic E-state index is 0. The summed E-state index contributed by atoms with van der Waals surface area (Å²) in [6, 6.07) is 10.3. The van der Waals surface area contributed by atoms with Crippen LogP contribution in [0, 0.1) is 5.92 Å². The number of rotatable bonds is 7. The molecule has 3 nitrogen and oxygen atoms in total. The molecule has 1 amide bonds. The summed E-state index contributed by atoms with van der Waals surface area (Å²) in [4.78, 5) is 11.8. The van der Waals surface area contributed by atoms with E-state index in [0.29, 0.717) is 12.3 Å². The summed E-state index contributed by atoms with van der Waals surface area (Å²) in [6.07, 6.45) is 1.49. The van der Waals surface area contributed by atoms with E-state index in [1.54, 1.807) is 0 Å². The van der Waals surface area contributed by atoms with E-state index >= 15 is 0 Å². The molecule has 0 aliphatic rings. The maximum Gasteiger partial charge on any atom is 0.221 e. The van der Waals surface area contributed by atoms with Crippen molar-refractivity contribution in [2.45, 2.75) is 32.7 Å². The Morgan fingerprint density at radius 1 is 1.21 bits per heavy atom. The molecule has 0 heterocycles. The smallest absolute Gasteiger partial charge is 0.221 e. The van der Waals surface area contributed by atoms with Crippen LogP contribution in [-0.4, -0.2) is 19.5 Å². The fourth-order valence-corrected chi connectivity index (χ4v) is 1.94. The number of hydrogen-bond acceptors (Lipinski definition) is 2. The van der Waals surface area contributed by atoms with Crippen LogP contribution in [0.4, 0.5) is 0 Å². The Hall–Kier alpha value is -1.06. The second-order valence-corrected chi connectivity index (χ2v) is 5.01. The number of carbonyl (C=O) groups is 1. The number of hydrogen-bond donors (Lipinski definition) is 2. The van der Waals surface area contributed by atoms with Gasteiger partial charge in [0.05, 0.1) is 6.04 Å². The van der Waals surface area contributed by atoms with Gasteiger partial charge in [-0.2, -0.15) is 0 Å². The SMILES string of the molecule is CNCCC(=O)NC(CC(C)C)c1ccccc1.Cl. The molecular formula is C15H25ClN2O. The van der Waals surface area contributed by atoms with Crippen LogP contribution in [0.25, 0.3) is 0 Å². The van der Waals surface area contributed by atoms with Gasteiger partial charge in [-0.05, 0) is 24.9 Å². The summed E-state index contributed by atoms with van der Waals surface area (Å²) in [7, 11) is 1.86. The van der Waals surface area contributed by atoms with Crippen molar-refractivity contribution in [3.8, 4) is 0 Å². The van der Waals surface area contributed by atoms with Gasteiger partial charge in [-0.15, -0.1) is 12.4 Å². The number of nitrogens with one attached hydrogen (secondary N) is 2. The lowest BCUT2D eigenvalue weighted by Gasteiger charge is -2.21. The highest BCUT2D eigenvalue weighted by atomic mass is 35.5. The zero-order chi connectivity index (χ0) is 13.4. The third kappa shape index (κ3) is 7.19. The lowest BCUT2D eigenvalue weighted by molar-refractivity contribution is -0.121. The van der Waals surface area contributed by atoms with Crippen molar-refractivity contribution in [3.05, 3.63) is 35.9 Å². The molecule has 0 fully saturated rings. The van der Waals surface area contributed by atoms with Crippen molar-refractivity contribution < 1.29 is 4.79 Å². The molecule has 0 radical (unpaired) electrons. The molecule has 2 N–H and O–H groups in total. The summed E-state index contributed by atoms with van der Waals surface area (Å²) < 4.78 is 0. The van der Waals surface area contributed by atoms with Crippen LogP contribution in [0.5, 0.6) is 0 Å². The molecule has 0 saturated heterocycles. The fourth-order valence-electron chi connectivity index (χ4n) is 1.94. The summed E-state index contributed by atoms with van der Waals surface area (Å²) in [5.41, 5.74) is 1.18. The summed E-state index contributed by atoms with van der Waals surface area (Å²) >= 11 is 0. The van der Waals surface area contributed by atoms with Crippen molar-refractivity contribution in [2.75, 3.05) is 13.6 Å². The van der Waals surface area contributed by atoms with E-state index in [1.165, 1.54) is 5.56 Å². The standard InChI is InChI=1S/C15H24N2O.ClH/c1-12(2)11-14(13-7-5-4-6-8-13)17-15(18)9-10-16-3;/h4-8,12,14,16H,9-11H2,1-3H3,(H,17,18);1H. The topological polar surface area (TPSA) is 41.1 Å². The molecule has 4 heteroatoms. The molecule has 108 valence electrons. The molecule has 19 heavy (non-hydrogen) atoms. The molecule has 0 aliphatic carbocycles. The minimum Gasteiger partial charge on any atom is -0.349 e. The van der Waals surface area contributed by atoms with Gasteiger partial charge in [0.15, 0.2) is 0 Å². The predicted molar refractivity (Wildman–Crippen MR) is 82.6 cm³/mol. The van der Waals surface area contributed by atoms with E-state index in [4.69, 9.17) is 0 Å².